The largest absolute Gasteiger partial charge is 0.482 e. The van der Waals surface area contributed by atoms with E-state index in [1.54, 1.807) is 4.90 Å². The summed E-state index contributed by atoms with van der Waals surface area (Å²) in [5.74, 6) is 1.44. The van der Waals surface area contributed by atoms with E-state index in [0.29, 0.717) is 24.0 Å². The number of carbonyl (C=O) groups excluding carboxylic acids is 2. The smallest absolute Gasteiger partial charge is 0.265 e. The maximum Gasteiger partial charge on any atom is 0.265 e. The Balaban J connectivity index is 1.41. The highest BCUT2D eigenvalue weighted by atomic mass is 32.1. The lowest BCUT2D eigenvalue weighted by Crippen LogP contribution is -2.39. The lowest BCUT2D eigenvalue weighted by atomic mass is 9.86. The summed E-state index contributed by atoms with van der Waals surface area (Å²) < 4.78 is 5.57. The number of benzene rings is 1. The van der Waals surface area contributed by atoms with E-state index in [9.17, 15) is 9.59 Å². The molecule has 0 bridgehead atoms. The number of nitrogens with zero attached hydrogens (tertiary/aromatic N) is 2. The van der Waals surface area contributed by atoms with Gasteiger partial charge in [-0.2, -0.15) is 0 Å². The van der Waals surface area contributed by atoms with Crippen LogP contribution in [0.2, 0.25) is 0 Å². The van der Waals surface area contributed by atoms with Crippen LogP contribution in [0, 0.1) is 5.92 Å². The molecule has 160 valence electrons. The summed E-state index contributed by atoms with van der Waals surface area (Å²) in [6.45, 7) is 2.80. The molecule has 1 aromatic carbocycles. The number of rotatable bonds is 7. The lowest BCUT2D eigenvalue weighted by molar-refractivity contribution is -0.121. The molecule has 0 unspecified atom stereocenters. The Morgan fingerprint density at radius 2 is 2.13 bits per heavy atom. The first-order valence-electron chi connectivity index (χ1n) is 11.0. The van der Waals surface area contributed by atoms with Gasteiger partial charge in [-0.05, 0) is 37.0 Å². The van der Waals surface area contributed by atoms with Crippen LogP contribution < -0.4 is 15.0 Å². The molecule has 0 spiro atoms. The van der Waals surface area contributed by atoms with Crippen LogP contribution in [0.1, 0.15) is 58.3 Å². The zero-order chi connectivity index (χ0) is 20.9. The van der Waals surface area contributed by atoms with Gasteiger partial charge in [-0.3, -0.25) is 9.59 Å². The van der Waals surface area contributed by atoms with Crippen LogP contribution in [-0.4, -0.2) is 29.9 Å². The van der Waals surface area contributed by atoms with Crippen LogP contribution >= 0.6 is 11.3 Å². The maximum atomic E-state index is 12.3. The first kappa shape index (κ1) is 20.8. The van der Waals surface area contributed by atoms with Gasteiger partial charge in [0.25, 0.3) is 5.91 Å². The summed E-state index contributed by atoms with van der Waals surface area (Å²) in [4.78, 5) is 31.0. The van der Waals surface area contributed by atoms with Gasteiger partial charge in [0.1, 0.15) is 5.75 Å². The van der Waals surface area contributed by atoms with Crippen LogP contribution in [0.5, 0.6) is 5.75 Å². The third kappa shape index (κ3) is 4.83. The highest BCUT2D eigenvalue weighted by Gasteiger charge is 2.25. The highest BCUT2D eigenvalue weighted by Crippen LogP contribution is 2.37. The number of anilines is 2. The van der Waals surface area contributed by atoms with Crippen molar-refractivity contribution >= 4 is 34.0 Å². The Hall–Kier alpha value is -2.41. The van der Waals surface area contributed by atoms with Gasteiger partial charge in [0, 0.05) is 23.9 Å². The molecular formula is C23H29N3O3S. The summed E-state index contributed by atoms with van der Waals surface area (Å²) in [7, 11) is 0. The van der Waals surface area contributed by atoms with Crippen molar-refractivity contribution in [1.29, 1.82) is 0 Å². The van der Waals surface area contributed by atoms with E-state index < -0.39 is 0 Å². The van der Waals surface area contributed by atoms with Gasteiger partial charge in [0.15, 0.2) is 11.7 Å². The van der Waals surface area contributed by atoms with E-state index in [0.717, 1.165) is 35.5 Å². The minimum Gasteiger partial charge on any atom is -0.482 e. The molecule has 1 N–H and O–H groups in total. The number of amides is 2. The predicted molar refractivity (Wildman–Crippen MR) is 120 cm³/mol. The van der Waals surface area contributed by atoms with Crippen LogP contribution in [0.3, 0.4) is 0 Å². The van der Waals surface area contributed by atoms with Crippen molar-refractivity contribution in [3.8, 4) is 17.0 Å². The summed E-state index contributed by atoms with van der Waals surface area (Å²) in [5, 5.41) is 5.51. The normalized spacial score (nSPS) is 16.8. The molecule has 30 heavy (non-hydrogen) atoms. The molecule has 6 nitrogen and oxygen atoms in total. The third-order valence-corrected chi connectivity index (χ3v) is 6.66. The summed E-state index contributed by atoms with van der Waals surface area (Å²) in [6.07, 6.45) is 8.86. The average Bonchev–Trinajstić information content (AvgIpc) is 3.23. The standard InChI is InChI=1S/C23H29N3O3S/c1-2-12-26-19-13-17(9-10-20(19)29-14-22(26)28)18-15-30-23(24-18)25-21(27)11-8-16-6-4-3-5-7-16/h9-10,13,15-16H,2-8,11-12,14H2,1H3,(H,24,25,27). The van der Waals surface area contributed by atoms with E-state index in [-0.39, 0.29) is 18.4 Å². The van der Waals surface area contributed by atoms with E-state index in [4.69, 9.17) is 4.74 Å². The van der Waals surface area contributed by atoms with Crippen LogP contribution in [0.4, 0.5) is 10.8 Å². The zero-order valence-corrected chi connectivity index (χ0v) is 18.3. The number of aromatic nitrogens is 1. The second kappa shape index (κ2) is 9.60. The van der Waals surface area contributed by atoms with Gasteiger partial charge in [-0.15, -0.1) is 11.3 Å². The fraction of sp³-hybridized carbons (Fsp3) is 0.522. The number of hydrogen-bond donors (Lipinski definition) is 1. The fourth-order valence-electron chi connectivity index (χ4n) is 4.29. The number of carbonyl (C=O) groups is 2. The molecule has 2 heterocycles. The summed E-state index contributed by atoms with van der Waals surface area (Å²) in [5.41, 5.74) is 2.49. The minimum absolute atomic E-state index is 0.0225. The molecule has 1 aliphatic heterocycles. The monoisotopic (exact) mass is 427 g/mol. The molecule has 7 heteroatoms. The van der Waals surface area contributed by atoms with E-state index in [2.05, 4.69) is 17.2 Å². The van der Waals surface area contributed by atoms with Gasteiger partial charge in [-0.1, -0.05) is 39.0 Å². The first-order valence-corrected chi connectivity index (χ1v) is 11.8. The first-order chi connectivity index (χ1) is 14.6. The van der Waals surface area contributed by atoms with Gasteiger partial charge < -0.3 is 15.0 Å². The highest BCUT2D eigenvalue weighted by molar-refractivity contribution is 7.14. The summed E-state index contributed by atoms with van der Waals surface area (Å²) >= 11 is 1.43. The number of hydrogen-bond acceptors (Lipinski definition) is 5. The molecule has 2 amide bonds. The molecule has 1 aliphatic carbocycles. The number of nitrogens with one attached hydrogen (secondary N) is 1. The molecular weight excluding hydrogens is 398 g/mol. The van der Waals surface area contributed by atoms with Gasteiger partial charge in [0.05, 0.1) is 11.4 Å². The molecule has 0 radical (unpaired) electrons. The van der Waals surface area contributed by atoms with Gasteiger partial charge >= 0.3 is 0 Å². The van der Waals surface area contributed by atoms with Crippen molar-refractivity contribution in [3.05, 3.63) is 23.6 Å². The van der Waals surface area contributed by atoms with Crippen molar-refractivity contribution < 1.29 is 14.3 Å². The number of fused-ring (bicyclic) bond motifs is 1. The predicted octanol–water partition coefficient (Wildman–Crippen LogP) is 5.24. The summed E-state index contributed by atoms with van der Waals surface area (Å²) in [6, 6.07) is 5.79. The molecule has 0 atom stereocenters. The Bertz CT molecular complexity index is 905. The quantitative estimate of drug-likeness (QED) is 0.655. The Morgan fingerprint density at radius 1 is 1.30 bits per heavy atom. The second-order valence-electron chi connectivity index (χ2n) is 8.15. The molecule has 1 aromatic heterocycles. The molecule has 1 fully saturated rings. The SMILES string of the molecule is CCCN1C(=O)COc2ccc(-c3csc(NC(=O)CCC4CCCCC4)n3)cc21. The van der Waals surface area contributed by atoms with Crippen molar-refractivity contribution in [2.24, 2.45) is 5.92 Å². The molecule has 2 aliphatic rings. The van der Waals surface area contributed by atoms with E-state index >= 15 is 0 Å². The maximum absolute atomic E-state index is 12.3. The van der Waals surface area contributed by atoms with Gasteiger partial charge in [-0.25, -0.2) is 4.98 Å². The average molecular weight is 428 g/mol. The molecule has 2 aromatic rings. The van der Waals surface area contributed by atoms with Crippen molar-refractivity contribution in [1.82, 2.24) is 4.98 Å². The third-order valence-electron chi connectivity index (χ3n) is 5.90. The van der Waals surface area contributed by atoms with Crippen LogP contribution in [-0.2, 0) is 9.59 Å². The van der Waals surface area contributed by atoms with E-state index in [1.807, 2.05) is 23.6 Å². The van der Waals surface area contributed by atoms with Gasteiger partial charge in [0.2, 0.25) is 5.91 Å². The zero-order valence-electron chi connectivity index (χ0n) is 17.5. The molecule has 4 rings (SSSR count). The Kier molecular flexibility index (Phi) is 6.67. The molecule has 1 saturated carbocycles. The van der Waals surface area contributed by atoms with Crippen LogP contribution in [0.25, 0.3) is 11.3 Å². The van der Waals surface area contributed by atoms with E-state index in [1.165, 1.54) is 43.4 Å². The van der Waals surface area contributed by atoms with Crippen molar-refractivity contribution in [2.45, 2.75) is 58.3 Å². The number of ether oxygens (including phenoxy) is 1. The van der Waals surface area contributed by atoms with Crippen molar-refractivity contribution in [2.75, 3.05) is 23.4 Å². The lowest BCUT2D eigenvalue weighted by Gasteiger charge is -2.29. The second-order valence-corrected chi connectivity index (χ2v) is 9.00. The van der Waals surface area contributed by atoms with Crippen LogP contribution in [0.15, 0.2) is 23.6 Å². The fourth-order valence-corrected chi connectivity index (χ4v) is 5.02. The topological polar surface area (TPSA) is 71.5 Å². The Morgan fingerprint density at radius 3 is 2.93 bits per heavy atom. The minimum atomic E-state index is -0.0225. The Labute approximate surface area is 181 Å². The van der Waals surface area contributed by atoms with Crippen molar-refractivity contribution in [3.63, 3.8) is 0 Å². The molecule has 0 saturated heterocycles. The number of thiazole rings is 1.